The van der Waals surface area contributed by atoms with Crippen molar-refractivity contribution in [1.82, 2.24) is 4.90 Å². The monoisotopic (exact) mass is 461 g/mol. The van der Waals surface area contributed by atoms with Gasteiger partial charge in [-0.1, -0.05) is 102 Å². The fourth-order valence-electron chi connectivity index (χ4n) is 3.47. The first-order valence-corrected chi connectivity index (χ1v) is 12.9. The van der Waals surface area contributed by atoms with Gasteiger partial charge in [-0.2, -0.15) is 0 Å². The number of halogens is 1. The van der Waals surface area contributed by atoms with E-state index >= 15 is 0 Å². The maximum atomic E-state index is 12.1. The fourth-order valence-corrected chi connectivity index (χ4v) is 3.64. The number of rotatable bonds is 21. The normalized spacial score (nSPS) is 13.2. The lowest BCUT2D eigenvalue weighted by atomic mass is 10.0. The highest BCUT2D eigenvalue weighted by molar-refractivity contribution is 6.20. The average Bonchev–Trinajstić information content (AvgIpc) is 2.72. The Morgan fingerprint density at radius 3 is 1.87 bits per heavy atom. The van der Waals surface area contributed by atoms with Crippen LogP contribution < -0.4 is 0 Å². The first-order valence-electron chi connectivity index (χ1n) is 12.5. The van der Waals surface area contributed by atoms with Crippen molar-refractivity contribution in [2.75, 3.05) is 27.2 Å². The molecule has 184 valence electrons. The molecule has 0 rings (SSSR count). The zero-order valence-electron chi connectivity index (χ0n) is 20.6. The molecule has 6 heteroatoms. The summed E-state index contributed by atoms with van der Waals surface area (Å²) in [4.78, 5) is 25.8. The molecule has 0 amide bonds. The first kappa shape index (κ1) is 30.2. The predicted octanol–water partition coefficient (Wildman–Crippen LogP) is 6.71. The van der Waals surface area contributed by atoms with Gasteiger partial charge in [0.2, 0.25) is 5.56 Å². The Labute approximate surface area is 196 Å². The summed E-state index contributed by atoms with van der Waals surface area (Å²) in [6.45, 7) is 4.86. The molecule has 0 aliphatic rings. The van der Waals surface area contributed by atoms with Gasteiger partial charge in [0.1, 0.15) is 6.61 Å². The van der Waals surface area contributed by atoms with Crippen LogP contribution in [0.5, 0.6) is 0 Å². The number of esters is 2. The third-order valence-corrected chi connectivity index (χ3v) is 5.71. The summed E-state index contributed by atoms with van der Waals surface area (Å²) in [7, 11) is 3.90. The second-order valence-electron chi connectivity index (χ2n) is 9.02. The molecule has 2 unspecified atom stereocenters. The van der Waals surface area contributed by atoms with E-state index in [2.05, 4.69) is 6.92 Å². The molecule has 0 aromatic carbocycles. The number of nitrogens with zero attached hydrogens (tertiary/aromatic N) is 1. The molecule has 2 atom stereocenters. The van der Waals surface area contributed by atoms with Gasteiger partial charge in [-0.3, -0.25) is 9.59 Å². The van der Waals surface area contributed by atoms with Crippen LogP contribution in [0, 0.1) is 5.92 Å². The summed E-state index contributed by atoms with van der Waals surface area (Å²) in [6.07, 6.45) is 17.5. The highest BCUT2D eigenvalue weighted by atomic mass is 35.5. The molecule has 0 aliphatic heterocycles. The lowest BCUT2D eigenvalue weighted by molar-refractivity contribution is -0.157. The molecule has 5 nitrogen and oxygen atoms in total. The average molecular weight is 462 g/mol. The van der Waals surface area contributed by atoms with Gasteiger partial charge >= 0.3 is 11.9 Å². The summed E-state index contributed by atoms with van der Waals surface area (Å²) in [5.41, 5.74) is -0.922. The van der Waals surface area contributed by atoms with Gasteiger partial charge in [-0.15, -0.1) is 0 Å². The zero-order valence-corrected chi connectivity index (χ0v) is 21.4. The Morgan fingerprint density at radius 1 is 0.839 bits per heavy atom. The molecule has 0 aromatic rings. The Kier molecular flexibility index (Phi) is 20.5. The number of carbonyl (C=O) groups excluding carboxylic acids is 2. The standard InChI is InChI=1S/C25H48ClNO4/c1-5-6-7-8-9-10-11-12-13-14-15-16-18-22(2)25(29)30-21-23(26)31-24(28)19-17-20-27(3)4/h22-23H,5-21H2,1-4H3. The fraction of sp³-hybridized carbons (Fsp3) is 0.920. The minimum Gasteiger partial charge on any atom is -0.460 e. The summed E-state index contributed by atoms with van der Waals surface area (Å²) in [6, 6.07) is 0. The van der Waals surface area contributed by atoms with Gasteiger partial charge in [-0.25, -0.2) is 0 Å². The Bertz CT molecular complexity index is 445. The van der Waals surface area contributed by atoms with Gasteiger partial charge in [0, 0.05) is 6.42 Å². The smallest absolute Gasteiger partial charge is 0.308 e. The van der Waals surface area contributed by atoms with Crippen LogP contribution in [0.2, 0.25) is 0 Å². The van der Waals surface area contributed by atoms with Crippen molar-refractivity contribution in [3.63, 3.8) is 0 Å². The van der Waals surface area contributed by atoms with E-state index in [9.17, 15) is 9.59 Å². The van der Waals surface area contributed by atoms with E-state index in [1.165, 1.54) is 64.2 Å². The van der Waals surface area contributed by atoms with Crippen LogP contribution in [0.25, 0.3) is 0 Å². The molecule has 0 radical (unpaired) electrons. The summed E-state index contributed by atoms with van der Waals surface area (Å²) in [5, 5.41) is 0. The molecular weight excluding hydrogens is 414 g/mol. The molecular formula is C25H48ClNO4. The van der Waals surface area contributed by atoms with E-state index in [0.717, 1.165) is 25.8 Å². The number of hydrogen-bond donors (Lipinski definition) is 0. The molecule has 0 saturated carbocycles. The van der Waals surface area contributed by atoms with Crippen molar-refractivity contribution in [1.29, 1.82) is 0 Å². The van der Waals surface area contributed by atoms with Crippen molar-refractivity contribution < 1.29 is 19.1 Å². The van der Waals surface area contributed by atoms with Gasteiger partial charge in [0.15, 0.2) is 0 Å². The number of alkyl halides is 1. The highest BCUT2D eigenvalue weighted by Crippen LogP contribution is 2.15. The van der Waals surface area contributed by atoms with Crippen LogP contribution in [-0.4, -0.2) is 49.6 Å². The van der Waals surface area contributed by atoms with Crippen LogP contribution in [0.4, 0.5) is 0 Å². The van der Waals surface area contributed by atoms with Gasteiger partial charge in [-0.05, 0) is 33.5 Å². The largest absolute Gasteiger partial charge is 0.460 e. The SMILES string of the molecule is CCCCCCCCCCCCCCC(C)C(=O)OCC(Cl)OC(=O)CCCN(C)C. The second kappa shape index (κ2) is 21.1. The first-order chi connectivity index (χ1) is 14.9. The van der Waals surface area contributed by atoms with Crippen molar-refractivity contribution in [2.45, 2.75) is 116 Å². The van der Waals surface area contributed by atoms with E-state index < -0.39 is 5.56 Å². The number of unbranched alkanes of at least 4 members (excludes halogenated alkanes) is 11. The number of carbonyl (C=O) groups is 2. The van der Waals surface area contributed by atoms with Crippen molar-refractivity contribution in [2.24, 2.45) is 5.92 Å². The summed E-state index contributed by atoms with van der Waals surface area (Å²) < 4.78 is 10.3. The van der Waals surface area contributed by atoms with Crippen LogP contribution in [0.3, 0.4) is 0 Å². The lowest BCUT2D eigenvalue weighted by Gasteiger charge is -2.15. The Morgan fingerprint density at radius 2 is 1.35 bits per heavy atom. The lowest BCUT2D eigenvalue weighted by Crippen LogP contribution is -2.23. The van der Waals surface area contributed by atoms with Crippen molar-refractivity contribution in [3.8, 4) is 0 Å². The molecule has 31 heavy (non-hydrogen) atoms. The number of hydrogen-bond acceptors (Lipinski definition) is 5. The van der Waals surface area contributed by atoms with E-state index in [-0.39, 0.29) is 24.5 Å². The second-order valence-corrected chi connectivity index (χ2v) is 9.50. The minimum absolute atomic E-state index is 0.0946. The molecule has 0 bridgehead atoms. The topological polar surface area (TPSA) is 55.8 Å². The Hall–Kier alpha value is -0.810. The van der Waals surface area contributed by atoms with Gasteiger partial charge < -0.3 is 14.4 Å². The zero-order chi connectivity index (χ0) is 23.3. The van der Waals surface area contributed by atoms with Crippen LogP contribution >= 0.6 is 11.6 Å². The molecule has 0 aliphatic carbocycles. The molecule has 0 N–H and O–H groups in total. The van der Waals surface area contributed by atoms with Crippen molar-refractivity contribution in [3.05, 3.63) is 0 Å². The third-order valence-electron chi connectivity index (χ3n) is 5.50. The summed E-state index contributed by atoms with van der Waals surface area (Å²) in [5.74, 6) is -0.775. The molecule has 0 heterocycles. The van der Waals surface area contributed by atoms with Crippen LogP contribution in [-0.2, 0) is 19.1 Å². The van der Waals surface area contributed by atoms with E-state index in [1.807, 2.05) is 25.9 Å². The van der Waals surface area contributed by atoms with Gasteiger partial charge in [0.25, 0.3) is 0 Å². The maximum Gasteiger partial charge on any atom is 0.308 e. The quantitative estimate of drug-likeness (QED) is 0.108. The van der Waals surface area contributed by atoms with E-state index in [4.69, 9.17) is 21.1 Å². The van der Waals surface area contributed by atoms with Crippen LogP contribution in [0.1, 0.15) is 110 Å². The molecule has 0 aromatic heterocycles. The van der Waals surface area contributed by atoms with E-state index in [0.29, 0.717) is 12.8 Å². The maximum absolute atomic E-state index is 12.1. The van der Waals surface area contributed by atoms with Gasteiger partial charge in [0.05, 0.1) is 5.92 Å². The summed E-state index contributed by atoms with van der Waals surface area (Å²) >= 11 is 5.96. The number of ether oxygens (including phenoxy) is 2. The molecule has 0 fully saturated rings. The van der Waals surface area contributed by atoms with Crippen LogP contribution in [0.15, 0.2) is 0 Å². The molecule has 0 saturated heterocycles. The minimum atomic E-state index is -0.922. The third kappa shape index (κ3) is 20.8. The highest BCUT2D eigenvalue weighted by Gasteiger charge is 2.18. The Balaban J connectivity index is 3.59. The van der Waals surface area contributed by atoms with Crippen molar-refractivity contribution >= 4 is 23.5 Å². The van der Waals surface area contributed by atoms with E-state index in [1.54, 1.807) is 0 Å². The molecule has 0 spiro atoms. The predicted molar refractivity (Wildman–Crippen MR) is 129 cm³/mol.